The van der Waals surface area contributed by atoms with Crippen molar-refractivity contribution in [3.05, 3.63) is 17.7 Å². The van der Waals surface area contributed by atoms with Crippen molar-refractivity contribution in [1.82, 2.24) is 9.80 Å². The Morgan fingerprint density at radius 1 is 0.935 bits per heavy atom. The molecule has 0 N–H and O–H groups in total. The first-order valence-electron chi connectivity index (χ1n) is 12.4. The van der Waals surface area contributed by atoms with Crippen molar-refractivity contribution in [3.63, 3.8) is 0 Å². The molecule has 3 aliphatic heterocycles. The van der Waals surface area contributed by atoms with Crippen LogP contribution >= 0.6 is 0 Å². The van der Waals surface area contributed by atoms with Gasteiger partial charge in [-0.05, 0) is 56.7 Å². The van der Waals surface area contributed by atoms with Crippen LogP contribution < -0.4 is 14.2 Å². The topological polar surface area (TPSA) is 43.4 Å². The second kappa shape index (κ2) is 9.16. The average molecular weight is 431 g/mol. The van der Waals surface area contributed by atoms with Crippen LogP contribution in [0.1, 0.15) is 57.9 Å². The van der Waals surface area contributed by atoms with E-state index in [1.165, 1.54) is 31.2 Å². The molecule has 1 aromatic carbocycles. The van der Waals surface area contributed by atoms with Gasteiger partial charge in [0.05, 0.1) is 13.2 Å². The third-order valence-electron chi connectivity index (χ3n) is 8.11. The second-order valence-electron chi connectivity index (χ2n) is 9.57. The Morgan fingerprint density at radius 2 is 1.61 bits per heavy atom. The van der Waals surface area contributed by atoms with Crippen LogP contribution in [0.15, 0.2) is 12.1 Å². The Labute approximate surface area is 186 Å². The molecular formula is C25H38N2O4. The fraction of sp³-hybridized carbons (Fsp3) is 0.760. The van der Waals surface area contributed by atoms with E-state index in [0.29, 0.717) is 24.5 Å². The first-order valence-corrected chi connectivity index (χ1v) is 12.4. The molecule has 0 aromatic heterocycles. The normalized spacial score (nSPS) is 33.2. The summed E-state index contributed by atoms with van der Waals surface area (Å²) in [5, 5.41) is 0. The lowest BCUT2D eigenvalue weighted by molar-refractivity contribution is -0.0873. The Kier molecular flexibility index (Phi) is 6.31. The molecule has 1 saturated carbocycles. The van der Waals surface area contributed by atoms with Crippen LogP contribution in [0.4, 0.5) is 0 Å². The molecule has 172 valence electrons. The molecule has 6 nitrogen and oxygen atoms in total. The zero-order valence-electron chi connectivity index (χ0n) is 19.3. The monoisotopic (exact) mass is 430 g/mol. The van der Waals surface area contributed by atoms with E-state index >= 15 is 0 Å². The summed E-state index contributed by atoms with van der Waals surface area (Å²) in [7, 11) is 0. The van der Waals surface area contributed by atoms with Crippen molar-refractivity contribution < 1.29 is 18.9 Å². The van der Waals surface area contributed by atoms with Gasteiger partial charge in [0.15, 0.2) is 17.7 Å². The van der Waals surface area contributed by atoms with Crippen LogP contribution in [0.25, 0.3) is 0 Å². The molecule has 1 aliphatic carbocycles. The lowest BCUT2D eigenvalue weighted by atomic mass is 9.68. The summed E-state index contributed by atoms with van der Waals surface area (Å²) in [6.07, 6.45) is 5.29. The Balaban J connectivity index is 1.42. The predicted molar refractivity (Wildman–Crippen MR) is 120 cm³/mol. The van der Waals surface area contributed by atoms with Crippen molar-refractivity contribution in [1.29, 1.82) is 0 Å². The van der Waals surface area contributed by atoms with Crippen LogP contribution in [-0.2, 0) is 4.74 Å². The number of rotatable bonds is 5. The minimum absolute atomic E-state index is 0.0993. The van der Waals surface area contributed by atoms with Crippen LogP contribution in [0.5, 0.6) is 17.2 Å². The molecule has 0 amide bonds. The third-order valence-corrected chi connectivity index (χ3v) is 8.11. The summed E-state index contributed by atoms with van der Waals surface area (Å²) in [4.78, 5) is 5.13. The molecule has 0 unspecified atom stereocenters. The first kappa shape index (κ1) is 21.4. The Bertz CT molecular complexity index is 754. The molecular weight excluding hydrogens is 392 g/mol. The highest BCUT2D eigenvalue weighted by atomic mass is 16.7. The number of hydrogen-bond donors (Lipinski definition) is 0. The van der Waals surface area contributed by atoms with Gasteiger partial charge in [0.2, 0.25) is 6.79 Å². The highest BCUT2D eigenvalue weighted by Gasteiger charge is 2.44. The van der Waals surface area contributed by atoms with Crippen molar-refractivity contribution in [3.8, 4) is 17.2 Å². The number of fused-ring (bicyclic) bond motifs is 2. The zero-order chi connectivity index (χ0) is 21.4. The summed E-state index contributed by atoms with van der Waals surface area (Å²) in [5.41, 5.74) is 1.33. The van der Waals surface area contributed by atoms with Crippen molar-refractivity contribution in [2.45, 2.75) is 64.6 Å². The maximum atomic E-state index is 6.65. The summed E-state index contributed by atoms with van der Waals surface area (Å²) in [6, 6.07) is 5.03. The van der Waals surface area contributed by atoms with E-state index in [0.717, 1.165) is 62.7 Å². The molecule has 5 rings (SSSR count). The molecule has 3 atom stereocenters. The Morgan fingerprint density at radius 3 is 2.29 bits per heavy atom. The molecule has 4 aliphatic rings. The Hall–Kier alpha value is -1.50. The molecule has 2 fully saturated rings. The number of ether oxygens (including phenoxy) is 4. The smallest absolute Gasteiger partial charge is 0.231 e. The SMILES string of the molecule is CCN(CC)C1CCC([C@H]2c3cc4c(cc3O[C@@H](N3CCOCC3)[C@@H]2C)OCO4)CC1. The zero-order valence-corrected chi connectivity index (χ0v) is 19.3. The quantitative estimate of drug-likeness (QED) is 0.701. The van der Waals surface area contributed by atoms with Gasteiger partial charge in [0.1, 0.15) is 5.75 Å². The van der Waals surface area contributed by atoms with E-state index in [2.05, 4.69) is 42.7 Å². The summed E-state index contributed by atoms with van der Waals surface area (Å²) < 4.78 is 23.7. The van der Waals surface area contributed by atoms with Crippen molar-refractivity contribution in [2.75, 3.05) is 46.2 Å². The minimum Gasteiger partial charge on any atom is -0.474 e. The van der Waals surface area contributed by atoms with E-state index < -0.39 is 0 Å². The second-order valence-corrected chi connectivity index (χ2v) is 9.57. The van der Waals surface area contributed by atoms with Crippen molar-refractivity contribution >= 4 is 0 Å². The molecule has 1 aromatic rings. The van der Waals surface area contributed by atoms with Gasteiger partial charge in [0.25, 0.3) is 0 Å². The summed E-state index contributed by atoms with van der Waals surface area (Å²) in [5.74, 6) is 4.30. The number of benzene rings is 1. The summed E-state index contributed by atoms with van der Waals surface area (Å²) >= 11 is 0. The molecule has 0 radical (unpaired) electrons. The van der Waals surface area contributed by atoms with Gasteiger partial charge in [0, 0.05) is 36.7 Å². The highest BCUT2D eigenvalue weighted by Crippen LogP contribution is 2.52. The van der Waals surface area contributed by atoms with Gasteiger partial charge >= 0.3 is 0 Å². The van der Waals surface area contributed by atoms with Crippen molar-refractivity contribution in [2.24, 2.45) is 11.8 Å². The maximum absolute atomic E-state index is 6.65. The lowest BCUT2D eigenvalue weighted by Gasteiger charge is -2.48. The number of morpholine rings is 1. The van der Waals surface area contributed by atoms with E-state index in [-0.39, 0.29) is 6.23 Å². The van der Waals surface area contributed by atoms with Gasteiger partial charge in [-0.1, -0.05) is 20.8 Å². The molecule has 0 bridgehead atoms. The van der Waals surface area contributed by atoms with E-state index in [9.17, 15) is 0 Å². The number of nitrogens with zero attached hydrogens (tertiary/aromatic N) is 2. The van der Waals surface area contributed by atoms with Gasteiger partial charge < -0.3 is 23.8 Å². The molecule has 3 heterocycles. The summed E-state index contributed by atoms with van der Waals surface area (Å²) in [6.45, 7) is 13.1. The fourth-order valence-electron chi connectivity index (χ4n) is 6.49. The first-order chi connectivity index (χ1) is 15.2. The van der Waals surface area contributed by atoms with Gasteiger partial charge in [-0.2, -0.15) is 0 Å². The van der Waals surface area contributed by atoms with Crippen LogP contribution in [-0.4, -0.2) is 68.3 Å². The van der Waals surface area contributed by atoms with Gasteiger partial charge in [-0.3, -0.25) is 4.90 Å². The standard InChI is InChI=1S/C25H38N2O4/c1-4-26(5-2)19-8-6-18(7-9-19)24-17(3)25(27-10-12-28-13-11-27)31-21-15-23-22(14-20(21)24)29-16-30-23/h14-15,17-19,24-25H,4-13,16H2,1-3H3/t17-,18?,19?,24+,25-/m1/s1. The molecule has 6 heteroatoms. The molecule has 1 saturated heterocycles. The van der Waals surface area contributed by atoms with E-state index in [4.69, 9.17) is 18.9 Å². The molecule has 31 heavy (non-hydrogen) atoms. The third kappa shape index (κ3) is 4.03. The molecule has 0 spiro atoms. The largest absolute Gasteiger partial charge is 0.474 e. The lowest BCUT2D eigenvalue weighted by Crippen LogP contribution is -2.53. The maximum Gasteiger partial charge on any atom is 0.231 e. The fourth-order valence-corrected chi connectivity index (χ4v) is 6.49. The van der Waals surface area contributed by atoms with E-state index in [1.54, 1.807) is 0 Å². The van der Waals surface area contributed by atoms with Crippen LogP contribution in [0, 0.1) is 11.8 Å². The van der Waals surface area contributed by atoms with Crippen LogP contribution in [0.2, 0.25) is 0 Å². The van der Waals surface area contributed by atoms with Gasteiger partial charge in [-0.15, -0.1) is 0 Å². The average Bonchev–Trinajstić information content (AvgIpc) is 3.27. The van der Waals surface area contributed by atoms with Gasteiger partial charge in [-0.25, -0.2) is 0 Å². The van der Waals surface area contributed by atoms with Crippen LogP contribution in [0.3, 0.4) is 0 Å². The highest BCUT2D eigenvalue weighted by molar-refractivity contribution is 5.54. The van der Waals surface area contributed by atoms with E-state index in [1.807, 2.05) is 0 Å². The predicted octanol–water partition coefficient (Wildman–Crippen LogP) is 4.09. The number of hydrogen-bond acceptors (Lipinski definition) is 6. The minimum atomic E-state index is 0.0993.